The number of rotatable bonds is 5. The predicted octanol–water partition coefficient (Wildman–Crippen LogP) is 4.59. The maximum atomic E-state index is 11.9. The summed E-state index contributed by atoms with van der Waals surface area (Å²) in [6.45, 7) is 9.32. The number of nitrogens with zero attached hydrogens (tertiary/aromatic N) is 1. The largest absolute Gasteiger partial charge is 0.354 e. The summed E-state index contributed by atoms with van der Waals surface area (Å²) in [6, 6.07) is 11.1. The van der Waals surface area contributed by atoms with Gasteiger partial charge in [-0.2, -0.15) is 0 Å². The summed E-state index contributed by atoms with van der Waals surface area (Å²) in [4.78, 5) is 19.9. The van der Waals surface area contributed by atoms with Gasteiger partial charge in [0.05, 0.1) is 11.7 Å². The Kier molecular flexibility index (Phi) is 5.41. The molecule has 5 heteroatoms. The Hall–Kier alpha value is -2.66. The topological polar surface area (TPSA) is 69.8 Å². The van der Waals surface area contributed by atoms with Crippen LogP contribution in [0.3, 0.4) is 0 Å². The summed E-state index contributed by atoms with van der Waals surface area (Å²) >= 11 is 0. The number of hydrogen-bond donors (Lipinski definition) is 3. The van der Waals surface area contributed by atoms with Crippen molar-refractivity contribution in [2.45, 2.75) is 58.5 Å². The number of fused-ring (bicyclic) bond motifs is 1. The van der Waals surface area contributed by atoms with Gasteiger partial charge in [0.25, 0.3) is 0 Å². The quantitative estimate of drug-likeness (QED) is 0.597. The smallest absolute Gasteiger partial charge is 0.219 e. The standard InChI is InChI=1S/C24H30N4O/c1-5-21(29)27-20-9-11-26-23(20)16-6-7-19-18(13-16)22(14(2)3)24(28-19)17-8-10-25-15(4)12-17/h6-8,10,12-14,20,23,26,28H,5,9,11H2,1-4H3,(H,27,29)/t20-,23?/m0/s1. The zero-order valence-corrected chi connectivity index (χ0v) is 17.7. The lowest BCUT2D eigenvalue weighted by Gasteiger charge is -2.21. The molecule has 1 fully saturated rings. The Morgan fingerprint density at radius 2 is 2.10 bits per heavy atom. The van der Waals surface area contributed by atoms with Gasteiger partial charge >= 0.3 is 0 Å². The van der Waals surface area contributed by atoms with Crippen LogP contribution in [0.15, 0.2) is 36.5 Å². The molecular weight excluding hydrogens is 360 g/mol. The number of carbonyl (C=O) groups excluding carboxylic acids is 1. The highest BCUT2D eigenvalue weighted by molar-refractivity contribution is 5.92. The molecule has 0 radical (unpaired) electrons. The Bertz CT molecular complexity index is 1040. The highest BCUT2D eigenvalue weighted by Crippen LogP contribution is 2.37. The van der Waals surface area contributed by atoms with Crippen molar-refractivity contribution in [1.29, 1.82) is 0 Å². The van der Waals surface area contributed by atoms with Crippen LogP contribution in [-0.4, -0.2) is 28.5 Å². The van der Waals surface area contributed by atoms with E-state index in [4.69, 9.17) is 0 Å². The Morgan fingerprint density at radius 3 is 2.83 bits per heavy atom. The van der Waals surface area contributed by atoms with Crippen molar-refractivity contribution in [3.8, 4) is 11.3 Å². The fourth-order valence-electron chi connectivity index (χ4n) is 4.47. The minimum atomic E-state index is 0.115. The maximum Gasteiger partial charge on any atom is 0.219 e. The Labute approximate surface area is 172 Å². The maximum absolute atomic E-state index is 11.9. The molecule has 4 rings (SSSR count). The molecule has 1 unspecified atom stereocenters. The van der Waals surface area contributed by atoms with Gasteiger partial charge in [-0.3, -0.25) is 9.78 Å². The van der Waals surface area contributed by atoms with Crippen molar-refractivity contribution < 1.29 is 4.79 Å². The van der Waals surface area contributed by atoms with Gasteiger partial charge in [0.2, 0.25) is 5.91 Å². The highest BCUT2D eigenvalue weighted by atomic mass is 16.1. The molecule has 2 aromatic heterocycles. The average Bonchev–Trinajstić information content (AvgIpc) is 3.31. The summed E-state index contributed by atoms with van der Waals surface area (Å²) in [6.07, 6.45) is 3.35. The first-order chi connectivity index (χ1) is 14.0. The van der Waals surface area contributed by atoms with Gasteiger partial charge in [-0.1, -0.05) is 26.8 Å². The molecule has 0 spiro atoms. The number of aromatic nitrogens is 2. The van der Waals surface area contributed by atoms with E-state index >= 15 is 0 Å². The molecule has 3 aromatic rings. The molecule has 1 saturated heterocycles. The van der Waals surface area contributed by atoms with Crippen LogP contribution < -0.4 is 10.6 Å². The second kappa shape index (κ2) is 7.99. The van der Waals surface area contributed by atoms with Crippen LogP contribution >= 0.6 is 0 Å². The first-order valence-corrected chi connectivity index (χ1v) is 10.6. The Morgan fingerprint density at radius 1 is 1.28 bits per heavy atom. The minimum absolute atomic E-state index is 0.115. The van der Waals surface area contributed by atoms with Crippen LogP contribution in [-0.2, 0) is 4.79 Å². The summed E-state index contributed by atoms with van der Waals surface area (Å²) in [5.41, 5.74) is 7.07. The van der Waals surface area contributed by atoms with Crippen LogP contribution in [0.2, 0.25) is 0 Å². The molecule has 29 heavy (non-hydrogen) atoms. The Balaban J connectivity index is 1.77. The van der Waals surface area contributed by atoms with Crippen molar-refractivity contribution in [2.75, 3.05) is 6.54 Å². The van der Waals surface area contributed by atoms with Crippen LogP contribution in [0.1, 0.15) is 62.4 Å². The summed E-state index contributed by atoms with van der Waals surface area (Å²) in [5.74, 6) is 0.499. The zero-order chi connectivity index (χ0) is 20.5. The van der Waals surface area contributed by atoms with E-state index in [1.165, 1.54) is 27.8 Å². The van der Waals surface area contributed by atoms with Gasteiger partial charge in [0, 0.05) is 40.8 Å². The van der Waals surface area contributed by atoms with Gasteiger partial charge < -0.3 is 15.6 Å². The number of aryl methyl sites for hydroxylation is 1. The fourth-order valence-corrected chi connectivity index (χ4v) is 4.47. The average molecular weight is 391 g/mol. The lowest BCUT2D eigenvalue weighted by atomic mass is 9.93. The van der Waals surface area contributed by atoms with Crippen LogP contribution in [0.5, 0.6) is 0 Å². The zero-order valence-electron chi connectivity index (χ0n) is 17.7. The van der Waals surface area contributed by atoms with Crippen LogP contribution in [0, 0.1) is 6.92 Å². The summed E-state index contributed by atoms with van der Waals surface area (Å²) < 4.78 is 0. The molecule has 3 heterocycles. The summed E-state index contributed by atoms with van der Waals surface area (Å²) in [7, 11) is 0. The molecule has 0 aliphatic carbocycles. The molecule has 1 aliphatic rings. The van der Waals surface area contributed by atoms with Gasteiger partial charge in [-0.05, 0) is 61.2 Å². The summed E-state index contributed by atoms with van der Waals surface area (Å²) in [5, 5.41) is 8.02. The number of H-pyrrole nitrogens is 1. The molecule has 1 aromatic carbocycles. The van der Waals surface area contributed by atoms with E-state index in [1.54, 1.807) is 0 Å². The van der Waals surface area contributed by atoms with Gasteiger partial charge in [-0.25, -0.2) is 0 Å². The predicted molar refractivity (Wildman–Crippen MR) is 118 cm³/mol. The first-order valence-electron chi connectivity index (χ1n) is 10.6. The molecule has 2 atom stereocenters. The first kappa shape index (κ1) is 19.6. The third-order valence-corrected chi connectivity index (χ3v) is 5.87. The molecule has 3 N–H and O–H groups in total. The van der Waals surface area contributed by atoms with Gasteiger partial charge in [0.15, 0.2) is 0 Å². The van der Waals surface area contributed by atoms with Crippen LogP contribution in [0.4, 0.5) is 0 Å². The molecule has 1 aliphatic heterocycles. The number of amides is 1. The van der Waals surface area contributed by atoms with Crippen LogP contribution in [0.25, 0.3) is 22.2 Å². The number of carbonyl (C=O) groups is 1. The number of nitrogens with one attached hydrogen (secondary N) is 3. The number of benzene rings is 1. The van der Waals surface area contributed by atoms with Crippen molar-refractivity contribution in [2.24, 2.45) is 0 Å². The number of aromatic amines is 1. The number of pyridine rings is 1. The lowest BCUT2D eigenvalue weighted by Crippen LogP contribution is -2.38. The SMILES string of the molecule is CCC(=O)N[C@H]1CCNC1c1ccc2[nH]c(-c3ccnc(C)c3)c(C(C)C)c2c1. The fraction of sp³-hybridized carbons (Fsp3) is 0.417. The third-order valence-electron chi connectivity index (χ3n) is 5.87. The monoisotopic (exact) mass is 390 g/mol. The lowest BCUT2D eigenvalue weighted by molar-refractivity contribution is -0.121. The van der Waals surface area contributed by atoms with E-state index in [9.17, 15) is 4.79 Å². The van der Waals surface area contributed by atoms with E-state index in [-0.39, 0.29) is 18.0 Å². The van der Waals surface area contributed by atoms with Gasteiger partial charge in [0.1, 0.15) is 0 Å². The second-order valence-electron chi connectivity index (χ2n) is 8.31. The van der Waals surface area contributed by atoms with E-state index in [0.29, 0.717) is 12.3 Å². The minimum Gasteiger partial charge on any atom is -0.354 e. The van der Waals surface area contributed by atoms with Gasteiger partial charge in [-0.15, -0.1) is 0 Å². The van der Waals surface area contributed by atoms with E-state index in [2.05, 4.69) is 64.8 Å². The second-order valence-corrected chi connectivity index (χ2v) is 8.31. The third kappa shape index (κ3) is 3.79. The number of hydrogen-bond acceptors (Lipinski definition) is 3. The highest BCUT2D eigenvalue weighted by Gasteiger charge is 2.29. The molecular formula is C24H30N4O. The normalized spacial score (nSPS) is 19.2. The van der Waals surface area contributed by atoms with Crippen molar-refractivity contribution in [3.05, 3.63) is 53.3 Å². The van der Waals surface area contributed by atoms with Crippen molar-refractivity contribution >= 4 is 16.8 Å². The molecule has 0 saturated carbocycles. The van der Waals surface area contributed by atoms with E-state index in [0.717, 1.165) is 24.2 Å². The molecule has 0 bridgehead atoms. The molecule has 1 amide bonds. The van der Waals surface area contributed by atoms with E-state index in [1.807, 2.05) is 20.0 Å². The van der Waals surface area contributed by atoms with Crippen molar-refractivity contribution in [1.82, 2.24) is 20.6 Å². The van der Waals surface area contributed by atoms with E-state index < -0.39 is 0 Å². The molecule has 5 nitrogen and oxygen atoms in total. The van der Waals surface area contributed by atoms with Crippen molar-refractivity contribution in [3.63, 3.8) is 0 Å². The molecule has 152 valence electrons.